The quantitative estimate of drug-likeness (QED) is 0.252. The Balaban J connectivity index is 1.88. The van der Waals surface area contributed by atoms with Gasteiger partial charge in [0.1, 0.15) is 12.6 Å². The van der Waals surface area contributed by atoms with E-state index in [2.05, 4.69) is 19.6 Å². The van der Waals surface area contributed by atoms with Crippen LogP contribution in [-0.2, 0) is 16.2 Å². The highest BCUT2D eigenvalue weighted by Gasteiger charge is 2.15. The molecule has 0 N–H and O–H groups in total. The Labute approximate surface area is 179 Å². The number of carbonyl (C=O) groups excluding carboxylic acids is 1. The maximum Gasteiger partial charge on any atom is 0.338 e. The van der Waals surface area contributed by atoms with E-state index in [1.165, 1.54) is 0 Å². The molecule has 6 heteroatoms. The molecule has 0 saturated carbocycles. The molecular formula is C24H30N2O3Si. The number of aromatic nitrogens is 2. The van der Waals surface area contributed by atoms with E-state index in [0.29, 0.717) is 18.9 Å². The molecule has 3 rings (SSSR count). The highest BCUT2D eigenvalue weighted by Crippen LogP contribution is 2.26. The van der Waals surface area contributed by atoms with Crippen molar-refractivity contribution in [2.45, 2.75) is 39.3 Å². The third kappa shape index (κ3) is 5.90. The van der Waals surface area contributed by atoms with Gasteiger partial charge in [-0.05, 0) is 25.1 Å². The van der Waals surface area contributed by atoms with Gasteiger partial charge in [-0.25, -0.2) is 9.78 Å². The molecule has 2 aromatic carbocycles. The van der Waals surface area contributed by atoms with Crippen molar-refractivity contribution in [3.05, 3.63) is 66.4 Å². The van der Waals surface area contributed by atoms with Gasteiger partial charge in [0.2, 0.25) is 0 Å². The molecule has 0 aliphatic carbocycles. The van der Waals surface area contributed by atoms with E-state index < -0.39 is 8.07 Å². The zero-order valence-electron chi connectivity index (χ0n) is 18.2. The molecule has 0 aliphatic rings. The smallest absolute Gasteiger partial charge is 0.338 e. The van der Waals surface area contributed by atoms with Crippen molar-refractivity contribution >= 4 is 14.0 Å². The number of hydrogen-bond donors (Lipinski definition) is 0. The number of esters is 1. The highest BCUT2D eigenvalue weighted by atomic mass is 28.3. The Bertz CT molecular complexity index is 978. The van der Waals surface area contributed by atoms with Crippen molar-refractivity contribution in [1.82, 2.24) is 9.55 Å². The molecule has 0 bridgehead atoms. The molecule has 158 valence electrons. The second-order valence-electron chi connectivity index (χ2n) is 8.43. The van der Waals surface area contributed by atoms with Crippen LogP contribution in [0.25, 0.3) is 22.6 Å². The molecule has 1 aromatic heterocycles. The molecule has 0 aliphatic heterocycles. The molecule has 0 fully saturated rings. The molecule has 1 heterocycles. The number of carbonyl (C=O) groups is 1. The summed E-state index contributed by atoms with van der Waals surface area (Å²) in [6.45, 7) is 10.4. The lowest BCUT2D eigenvalue weighted by Crippen LogP contribution is -2.22. The highest BCUT2D eigenvalue weighted by molar-refractivity contribution is 6.76. The first-order valence-electron chi connectivity index (χ1n) is 10.4. The predicted molar refractivity (Wildman–Crippen MR) is 123 cm³/mol. The third-order valence-electron chi connectivity index (χ3n) is 4.70. The number of imidazole rings is 1. The minimum absolute atomic E-state index is 0.322. The van der Waals surface area contributed by atoms with Crippen LogP contribution < -0.4 is 0 Å². The van der Waals surface area contributed by atoms with Gasteiger partial charge in [0.25, 0.3) is 0 Å². The standard InChI is InChI=1S/C24H30N2O3Si/c1-5-29-24(27)21-13-9-12-20(16-21)22-17-26(18-28-14-15-30(2,3)4)23(25-22)19-10-7-6-8-11-19/h6-13,16-17H,5,14-15,18H2,1-4H3. The van der Waals surface area contributed by atoms with Gasteiger partial charge in [0.15, 0.2) is 0 Å². The summed E-state index contributed by atoms with van der Waals surface area (Å²) in [7, 11) is -1.14. The van der Waals surface area contributed by atoms with Crippen LogP contribution in [0.15, 0.2) is 60.8 Å². The summed E-state index contributed by atoms with van der Waals surface area (Å²) >= 11 is 0. The predicted octanol–water partition coefficient (Wildman–Crippen LogP) is 5.71. The average molecular weight is 423 g/mol. The van der Waals surface area contributed by atoms with Gasteiger partial charge in [-0.2, -0.15) is 0 Å². The van der Waals surface area contributed by atoms with Crippen LogP contribution in [0.1, 0.15) is 17.3 Å². The molecular weight excluding hydrogens is 392 g/mol. The van der Waals surface area contributed by atoms with Gasteiger partial charge in [0.05, 0.1) is 17.9 Å². The van der Waals surface area contributed by atoms with E-state index in [0.717, 1.165) is 35.3 Å². The Morgan fingerprint density at radius 3 is 2.47 bits per heavy atom. The van der Waals surface area contributed by atoms with Crippen LogP contribution in [0.5, 0.6) is 0 Å². The molecule has 0 unspecified atom stereocenters. The Morgan fingerprint density at radius 2 is 1.77 bits per heavy atom. The molecule has 0 amide bonds. The van der Waals surface area contributed by atoms with Crippen LogP contribution in [0.4, 0.5) is 0 Å². The first kappa shape index (κ1) is 22.0. The van der Waals surface area contributed by atoms with Gasteiger partial charge >= 0.3 is 5.97 Å². The minimum Gasteiger partial charge on any atom is -0.462 e. The van der Waals surface area contributed by atoms with E-state index >= 15 is 0 Å². The second-order valence-corrected chi connectivity index (χ2v) is 14.1. The van der Waals surface area contributed by atoms with E-state index in [1.54, 1.807) is 13.0 Å². The first-order valence-corrected chi connectivity index (χ1v) is 14.1. The summed E-state index contributed by atoms with van der Waals surface area (Å²) in [5.41, 5.74) is 3.23. The number of rotatable bonds is 9. The van der Waals surface area contributed by atoms with Crippen molar-refractivity contribution in [2.75, 3.05) is 13.2 Å². The molecule has 0 saturated heterocycles. The SMILES string of the molecule is CCOC(=O)c1cccc(-c2cn(COCC[Si](C)(C)C)c(-c3ccccc3)n2)c1. The number of benzene rings is 2. The van der Waals surface area contributed by atoms with Crippen LogP contribution in [0.3, 0.4) is 0 Å². The van der Waals surface area contributed by atoms with Crippen LogP contribution in [0.2, 0.25) is 25.7 Å². The normalized spacial score (nSPS) is 11.5. The summed E-state index contributed by atoms with van der Waals surface area (Å²) in [5, 5.41) is 0. The van der Waals surface area contributed by atoms with Gasteiger partial charge < -0.3 is 14.0 Å². The maximum atomic E-state index is 12.1. The van der Waals surface area contributed by atoms with Crippen molar-refractivity contribution in [2.24, 2.45) is 0 Å². The maximum absolute atomic E-state index is 12.1. The van der Waals surface area contributed by atoms with Gasteiger partial charge in [0, 0.05) is 32.0 Å². The van der Waals surface area contributed by atoms with Crippen molar-refractivity contribution in [1.29, 1.82) is 0 Å². The lowest BCUT2D eigenvalue weighted by molar-refractivity contribution is 0.0526. The van der Waals surface area contributed by atoms with E-state index in [1.807, 2.05) is 59.3 Å². The molecule has 5 nitrogen and oxygen atoms in total. The second kappa shape index (κ2) is 9.87. The molecule has 0 radical (unpaired) electrons. The number of nitrogens with zero attached hydrogens (tertiary/aromatic N) is 2. The Hall–Kier alpha value is -2.70. The van der Waals surface area contributed by atoms with E-state index in [-0.39, 0.29) is 5.97 Å². The third-order valence-corrected chi connectivity index (χ3v) is 6.41. The summed E-state index contributed by atoms with van der Waals surface area (Å²) in [6.07, 6.45) is 1.99. The van der Waals surface area contributed by atoms with Crippen molar-refractivity contribution in [3.8, 4) is 22.6 Å². The lowest BCUT2D eigenvalue weighted by Gasteiger charge is -2.16. The van der Waals surface area contributed by atoms with Crippen LogP contribution >= 0.6 is 0 Å². The molecule has 30 heavy (non-hydrogen) atoms. The summed E-state index contributed by atoms with van der Waals surface area (Å²) < 4.78 is 13.1. The fourth-order valence-corrected chi connectivity index (χ4v) is 3.79. The number of ether oxygens (including phenoxy) is 2. The Kier molecular flexibility index (Phi) is 7.23. The summed E-state index contributed by atoms with van der Waals surface area (Å²) in [4.78, 5) is 17.0. The average Bonchev–Trinajstić information content (AvgIpc) is 3.16. The lowest BCUT2D eigenvalue weighted by atomic mass is 10.1. The molecule has 0 atom stereocenters. The van der Waals surface area contributed by atoms with Crippen LogP contribution in [-0.4, -0.2) is 36.8 Å². The van der Waals surface area contributed by atoms with Crippen molar-refractivity contribution < 1.29 is 14.3 Å². The summed E-state index contributed by atoms with van der Waals surface area (Å²) in [6, 6.07) is 18.6. The van der Waals surface area contributed by atoms with Crippen LogP contribution in [0, 0.1) is 0 Å². The fraction of sp³-hybridized carbons (Fsp3) is 0.333. The molecule has 3 aromatic rings. The largest absolute Gasteiger partial charge is 0.462 e. The van der Waals surface area contributed by atoms with Gasteiger partial charge in [-0.15, -0.1) is 0 Å². The van der Waals surface area contributed by atoms with E-state index in [9.17, 15) is 4.79 Å². The zero-order valence-corrected chi connectivity index (χ0v) is 19.2. The van der Waals surface area contributed by atoms with Crippen molar-refractivity contribution in [3.63, 3.8) is 0 Å². The monoisotopic (exact) mass is 422 g/mol. The fourth-order valence-electron chi connectivity index (χ4n) is 3.03. The number of hydrogen-bond acceptors (Lipinski definition) is 4. The van der Waals surface area contributed by atoms with Gasteiger partial charge in [-0.3, -0.25) is 0 Å². The molecule has 0 spiro atoms. The summed E-state index contributed by atoms with van der Waals surface area (Å²) in [5.74, 6) is 0.525. The zero-order chi connectivity index (χ0) is 21.6. The first-order chi connectivity index (χ1) is 14.4. The Morgan fingerprint density at radius 1 is 1.03 bits per heavy atom. The van der Waals surface area contributed by atoms with E-state index in [4.69, 9.17) is 14.5 Å². The van der Waals surface area contributed by atoms with Gasteiger partial charge in [-0.1, -0.05) is 62.1 Å². The minimum atomic E-state index is -1.14. The topological polar surface area (TPSA) is 53.4 Å².